The number of carboxylic acid groups (broad SMARTS) is 1. The quantitative estimate of drug-likeness (QED) is 0.711. The molecule has 1 aliphatic heterocycles. The molecule has 18 heavy (non-hydrogen) atoms. The lowest BCUT2D eigenvalue weighted by atomic mass is 9.86. The first kappa shape index (κ1) is 15.0. The van der Waals surface area contributed by atoms with E-state index >= 15 is 0 Å². The summed E-state index contributed by atoms with van der Waals surface area (Å²) in [5, 5.41) is 8.94. The van der Waals surface area contributed by atoms with Gasteiger partial charge in [-0.2, -0.15) is 0 Å². The summed E-state index contributed by atoms with van der Waals surface area (Å²) in [7, 11) is 0. The van der Waals surface area contributed by atoms with Crippen molar-refractivity contribution in [2.24, 2.45) is 11.3 Å². The number of hydrogen-bond donors (Lipinski definition) is 1. The first-order valence-corrected chi connectivity index (χ1v) is 6.86. The zero-order valence-corrected chi connectivity index (χ0v) is 11.7. The van der Waals surface area contributed by atoms with Crippen LogP contribution in [0, 0.1) is 11.3 Å². The van der Waals surface area contributed by atoms with Gasteiger partial charge in [-0.15, -0.1) is 0 Å². The largest absolute Gasteiger partial charge is 0.481 e. The fourth-order valence-corrected chi connectivity index (χ4v) is 2.54. The minimum absolute atomic E-state index is 0.00836. The van der Waals surface area contributed by atoms with E-state index in [0.29, 0.717) is 13.1 Å². The molecule has 1 fully saturated rings. The third kappa shape index (κ3) is 4.31. The summed E-state index contributed by atoms with van der Waals surface area (Å²) in [6.07, 6.45) is 4.84. The van der Waals surface area contributed by atoms with Crippen molar-refractivity contribution in [3.05, 3.63) is 0 Å². The van der Waals surface area contributed by atoms with Crippen LogP contribution in [0.3, 0.4) is 0 Å². The molecule has 1 aliphatic rings. The molecule has 1 amide bonds. The molecule has 0 aliphatic carbocycles. The Morgan fingerprint density at radius 2 is 2.11 bits per heavy atom. The summed E-state index contributed by atoms with van der Waals surface area (Å²) in [6.45, 7) is 7.55. The lowest BCUT2D eigenvalue weighted by Gasteiger charge is -2.30. The van der Waals surface area contributed by atoms with E-state index in [-0.39, 0.29) is 17.7 Å². The minimum Gasteiger partial charge on any atom is -0.481 e. The van der Waals surface area contributed by atoms with Gasteiger partial charge in [0, 0.05) is 19.5 Å². The van der Waals surface area contributed by atoms with Gasteiger partial charge in [0.2, 0.25) is 5.91 Å². The second-order valence-electron chi connectivity index (χ2n) is 6.13. The molecule has 0 aromatic carbocycles. The number of carbonyl (C=O) groups is 2. The summed E-state index contributed by atoms with van der Waals surface area (Å²) in [5.41, 5.74) is 0.0816. The number of carboxylic acids is 1. The molecule has 0 radical (unpaired) electrons. The smallest absolute Gasteiger partial charge is 0.308 e. The Balaban J connectivity index is 2.46. The third-order valence-corrected chi connectivity index (χ3v) is 3.64. The Labute approximate surface area is 109 Å². The number of carbonyl (C=O) groups excluding carboxylic acids is 1. The van der Waals surface area contributed by atoms with Gasteiger partial charge in [0.25, 0.3) is 0 Å². The van der Waals surface area contributed by atoms with Crippen LogP contribution in [0.2, 0.25) is 0 Å². The Kier molecular flexibility index (Phi) is 5.17. The average molecular weight is 255 g/mol. The number of amides is 1. The van der Waals surface area contributed by atoms with Gasteiger partial charge in [0.05, 0.1) is 5.92 Å². The van der Waals surface area contributed by atoms with Crippen molar-refractivity contribution in [2.75, 3.05) is 13.1 Å². The zero-order chi connectivity index (χ0) is 13.8. The van der Waals surface area contributed by atoms with Crippen LogP contribution in [0.5, 0.6) is 0 Å². The van der Waals surface area contributed by atoms with Gasteiger partial charge in [-0.3, -0.25) is 9.59 Å². The van der Waals surface area contributed by atoms with E-state index in [9.17, 15) is 9.59 Å². The molecule has 0 bridgehead atoms. The first-order valence-electron chi connectivity index (χ1n) is 6.86. The van der Waals surface area contributed by atoms with Crippen molar-refractivity contribution in [1.29, 1.82) is 0 Å². The minimum atomic E-state index is -0.852. The van der Waals surface area contributed by atoms with Crippen molar-refractivity contribution < 1.29 is 14.7 Å². The summed E-state index contributed by atoms with van der Waals surface area (Å²) in [6, 6.07) is 0. The summed E-state index contributed by atoms with van der Waals surface area (Å²) in [4.78, 5) is 24.4. The molecule has 104 valence electrons. The molecule has 1 heterocycles. The average Bonchev–Trinajstić information content (AvgIpc) is 2.60. The van der Waals surface area contributed by atoms with Gasteiger partial charge in [-0.25, -0.2) is 0 Å². The fraction of sp³-hybridized carbons (Fsp3) is 0.857. The second-order valence-corrected chi connectivity index (χ2v) is 6.13. The number of likely N-dealkylation sites (tertiary alicyclic amines) is 1. The number of unbranched alkanes of at least 4 members (excludes halogenated alkanes) is 2. The molecule has 4 nitrogen and oxygen atoms in total. The van der Waals surface area contributed by atoms with Crippen LogP contribution < -0.4 is 0 Å². The van der Waals surface area contributed by atoms with Crippen molar-refractivity contribution >= 4 is 11.9 Å². The Bertz CT molecular complexity index is 312. The van der Waals surface area contributed by atoms with Gasteiger partial charge < -0.3 is 10.0 Å². The van der Waals surface area contributed by atoms with E-state index < -0.39 is 11.9 Å². The predicted octanol–water partition coefficient (Wildman–Crippen LogP) is 2.53. The highest BCUT2D eigenvalue weighted by Gasteiger charge is 2.36. The lowest BCUT2D eigenvalue weighted by molar-refractivity contribution is -0.141. The predicted molar refractivity (Wildman–Crippen MR) is 70.2 cm³/mol. The molecule has 1 unspecified atom stereocenters. The number of aliphatic carboxylic acids is 1. The molecule has 0 aromatic rings. The van der Waals surface area contributed by atoms with E-state index in [0.717, 1.165) is 6.42 Å². The van der Waals surface area contributed by atoms with Crippen LogP contribution in [0.1, 0.15) is 52.9 Å². The normalized spacial score (nSPS) is 20.5. The fourth-order valence-electron chi connectivity index (χ4n) is 2.54. The molecule has 4 heteroatoms. The second kappa shape index (κ2) is 6.21. The van der Waals surface area contributed by atoms with E-state index in [1.807, 2.05) is 0 Å². The maximum atomic E-state index is 11.8. The summed E-state index contributed by atoms with van der Waals surface area (Å²) < 4.78 is 0. The summed E-state index contributed by atoms with van der Waals surface area (Å²) >= 11 is 0. The zero-order valence-electron chi connectivity index (χ0n) is 11.7. The first-order chi connectivity index (χ1) is 8.35. The topological polar surface area (TPSA) is 57.6 Å². The molecule has 0 spiro atoms. The van der Waals surface area contributed by atoms with Crippen LogP contribution in [0.25, 0.3) is 0 Å². The standard InChI is InChI=1S/C14H25NO3/c1-4-5-6-7-14(2,3)10-15-9-11(13(17)18)8-12(15)16/h11H,4-10H2,1-3H3,(H,17,18). The molecular weight excluding hydrogens is 230 g/mol. The molecule has 1 rings (SSSR count). The lowest BCUT2D eigenvalue weighted by Crippen LogP contribution is -2.35. The van der Waals surface area contributed by atoms with Crippen LogP contribution in [0.4, 0.5) is 0 Å². The highest BCUT2D eigenvalue weighted by Crippen LogP contribution is 2.28. The Hall–Kier alpha value is -1.06. The monoisotopic (exact) mass is 255 g/mol. The van der Waals surface area contributed by atoms with E-state index in [2.05, 4.69) is 20.8 Å². The van der Waals surface area contributed by atoms with Gasteiger partial charge in [0.1, 0.15) is 0 Å². The van der Waals surface area contributed by atoms with Crippen LogP contribution in [-0.2, 0) is 9.59 Å². The van der Waals surface area contributed by atoms with Gasteiger partial charge in [-0.1, -0.05) is 40.0 Å². The van der Waals surface area contributed by atoms with E-state index in [4.69, 9.17) is 5.11 Å². The number of nitrogens with zero attached hydrogens (tertiary/aromatic N) is 1. The number of hydrogen-bond acceptors (Lipinski definition) is 2. The van der Waals surface area contributed by atoms with Gasteiger partial charge >= 0.3 is 5.97 Å². The molecule has 1 N–H and O–H groups in total. The van der Waals surface area contributed by atoms with Crippen molar-refractivity contribution in [3.63, 3.8) is 0 Å². The highest BCUT2D eigenvalue weighted by molar-refractivity contribution is 5.86. The van der Waals surface area contributed by atoms with Crippen LogP contribution in [0.15, 0.2) is 0 Å². The van der Waals surface area contributed by atoms with Gasteiger partial charge in [-0.05, 0) is 11.8 Å². The Morgan fingerprint density at radius 1 is 1.44 bits per heavy atom. The van der Waals surface area contributed by atoms with Crippen LogP contribution >= 0.6 is 0 Å². The van der Waals surface area contributed by atoms with E-state index in [1.165, 1.54) is 19.3 Å². The molecule has 1 saturated heterocycles. The van der Waals surface area contributed by atoms with E-state index in [1.54, 1.807) is 4.90 Å². The highest BCUT2D eigenvalue weighted by atomic mass is 16.4. The summed E-state index contributed by atoms with van der Waals surface area (Å²) in [5.74, 6) is -1.37. The third-order valence-electron chi connectivity index (χ3n) is 3.64. The molecule has 1 atom stereocenters. The Morgan fingerprint density at radius 3 is 2.61 bits per heavy atom. The van der Waals surface area contributed by atoms with Crippen molar-refractivity contribution in [3.8, 4) is 0 Å². The molecule has 0 saturated carbocycles. The molecular formula is C14H25NO3. The van der Waals surface area contributed by atoms with Crippen molar-refractivity contribution in [2.45, 2.75) is 52.9 Å². The number of rotatable bonds is 7. The van der Waals surface area contributed by atoms with Crippen LogP contribution in [-0.4, -0.2) is 35.0 Å². The van der Waals surface area contributed by atoms with Crippen molar-refractivity contribution in [1.82, 2.24) is 4.90 Å². The maximum absolute atomic E-state index is 11.8. The maximum Gasteiger partial charge on any atom is 0.308 e. The van der Waals surface area contributed by atoms with Gasteiger partial charge in [0.15, 0.2) is 0 Å². The molecule has 0 aromatic heterocycles. The SMILES string of the molecule is CCCCCC(C)(C)CN1CC(C(=O)O)CC1=O.